The highest BCUT2D eigenvalue weighted by molar-refractivity contribution is 5.61. The Morgan fingerprint density at radius 3 is 2.53 bits per heavy atom. The van der Waals surface area contributed by atoms with Gasteiger partial charge in [0.1, 0.15) is 0 Å². The number of hydrogen-bond donors (Lipinski definition) is 1. The minimum Gasteiger partial charge on any atom is -0.353 e. The standard InChI is InChI=1S/C11H8FN3O2/c12-10-7-9(15(16)17)1-2-11(10)14-8-3-5-13-6-4-8/h1-7H,(H,13,14). The molecule has 0 saturated heterocycles. The van der Waals surface area contributed by atoms with Crippen LogP contribution in [-0.4, -0.2) is 9.91 Å². The molecule has 1 aromatic carbocycles. The van der Waals surface area contributed by atoms with E-state index in [4.69, 9.17) is 0 Å². The molecule has 0 aliphatic carbocycles. The molecule has 0 unspecified atom stereocenters. The quantitative estimate of drug-likeness (QED) is 0.653. The van der Waals surface area contributed by atoms with Gasteiger partial charge in [-0.15, -0.1) is 0 Å². The molecule has 0 spiro atoms. The summed E-state index contributed by atoms with van der Waals surface area (Å²) in [7, 11) is 0. The molecule has 86 valence electrons. The predicted molar refractivity (Wildman–Crippen MR) is 60.6 cm³/mol. The second-order valence-electron chi connectivity index (χ2n) is 3.28. The molecule has 5 nitrogen and oxygen atoms in total. The van der Waals surface area contributed by atoms with E-state index in [2.05, 4.69) is 10.3 Å². The Morgan fingerprint density at radius 1 is 1.24 bits per heavy atom. The van der Waals surface area contributed by atoms with Gasteiger partial charge in [-0.25, -0.2) is 4.39 Å². The van der Waals surface area contributed by atoms with Gasteiger partial charge in [-0.3, -0.25) is 15.1 Å². The van der Waals surface area contributed by atoms with Crippen LogP contribution in [0.5, 0.6) is 0 Å². The summed E-state index contributed by atoms with van der Waals surface area (Å²) in [5.74, 6) is -0.670. The van der Waals surface area contributed by atoms with E-state index in [9.17, 15) is 14.5 Å². The summed E-state index contributed by atoms with van der Waals surface area (Å²) >= 11 is 0. The van der Waals surface area contributed by atoms with Crippen LogP contribution in [0.2, 0.25) is 0 Å². The molecule has 2 rings (SSSR count). The Labute approximate surface area is 96.1 Å². The van der Waals surface area contributed by atoms with Crippen molar-refractivity contribution in [3.8, 4) is 0 Å². The third-order valence-corrected chi connectivity index (χ3v) is 2.12. The Morgan fingerprint density at radius 2 is 1.94 bits per heavy atom. The second kappa shape index (κ2) is 4.56. The number of rotatable bonds is 3. The topological polar surface area (TPSA) is 68.1 Å². The molecular weight excluding hydrogens is 225 g/mol. The molecule has 0 radical (unpaired) electrons. The van der Waals surface area contributed by atoms with E-state index in [1.54, 1.807) is 24.5 Å². The summed E-state index contributed by atoms with van der Waals surface area (Å²) in [6.45, 7) is 0. The third-order valence-electron chi connectivity index (χ3n) is 2.12. The lowest BCUT2D eigenvalue weighted by molar-refractivity contribution is -0.385. The van der Waals surface area contributed by atoms with Gasteiger partial charge in [-0.05, 0) is 18.2 Å². The van der Waals surface area contributed by atoms with Crippen molar-refractivity contribution < 1.29 is 9.31 Å². The van der Waals surface area contributed by atoms with E-state index in [0.717, 1.165) is 6.07 Å². The van der Waals surface area contributed by atoms with Crippen LogP contribution < -0.4 is 5.32 Å². The van der Waals surface area contributed by atoms with Crippen molar-refractivity contribution in [1.82, 2.24) is 4.98 Å². The fourth-order valence-corrected chi connectivity index (χ4v) is 1.31. The molecule has 0 fully saturated rings. The fraction of sp³-hybridized carbons (Fsp3) is 0. The van der Waals surface area contributed by atoms with Crippen LogP contribution in [-0.2, 0) is 0 Å². The van der Waals surface area contributed by atoms with Crippen LogP contribution in [0.25, 0.3) is 0 Å². The summed E-state index contributed by atoms with van der Waals surface area (Å²) in [4.78, 5) is 13.6. The molecule has 6 heteroatoms. The highest BCUT2D eigenvalue weighted by atomic mass is 19.1. The molecule has 1 aromatic heterocycles. The van der Waals surface area contributed by atoms with Crippen molar-refractivity contribution in [1.29, 1.82) is 0 Å². The molecule has 1 N–H and O–H groups in total. The lowest BCUT2D eigenvalue weighted by Crippen LogP contribution is -1.95. The first-order valence-electron chi connectivity index (χ1n) is 4.78. The number of nitrogens with one attached hydrogen (secondary N) is 1. The van der Waals surface area contributed by atoms with E-state index in [-0.39, 0.29) is 11.4 Å². The van der Waals surface area contributed by atoms with Crippen LogP contribution in [0, 0.1) is 15.9 Å². The summed E-state index contributed by atoms with van der Waals surface area (Å²) in [5.41, 5.74) is 0.567. The Hall–Kier alpha value is -2.50. The van der Waals surface area contributed by atoms with Gasteiger partial charge in [0.25, 0.3) is 5.69 Å². The number of nitro benzene ring substituents is 1. The van der Waals surface area contributed by atoms with Crippen molar-refractivity contribution in [2.24, 2.45) is 0 Å². The number of anilines is 2. The number of non-ortho nitro benzene ring substituents is 1. The van der Waals surface area contributed by atoms with Gasteiger partial charge in [0.15, 0.2) is 5.82 Å². The molecular formula is C11H8FN3O2. The zero-order chi connectivity index (χ0) is 12.3. The normalized spacial score (nSPS) is 9.94. The fourth-order valence-electron chi connectivity index (χ4n) is 1.31. The van der Waals surface area contributed by atoms with Gasteiger partial charge in [-0.1, -0.05) is 0 Å². The van der Waals surface area contributed by atoms with Gasteiger partial charge in [0.05, 0.1) is 16.7 Å². The zero-order valence-electron chi connectivity index (χ0n) is 8.63. The number of halogens is 1. The predicted octanol–water partition coefficient (Wildman–Crippen LogP) is 2.87. The SMILES string of the molecule is O=[N+]([O-])c1ccc(Nc2ccncc2)c(F)c1. The Balaban J connectivity index is 2.26. The molecule has 0 atom stereocenters. The van der Waals surface area contributed by atoms with Crippen molar-refractivity contribution in [3.05, 3.63) is 58.7 Å². The van der Waals surface area contributed by atoms with E-state index in [1.807, 2.05) is 0 Å². The Kier molecular flexibility index (Phi) is 2.95. The molecule has 0 amide bonds. The average molecular weight is 233 g/mol. The highest BCUT2D eigenvalue weighted by Crippen LogP contribution is 2.23. The second-order valence-corrected chi connectivity index (χ2v) is 3.28. The number of nitrogens with zero attached hydrogens (tertiary/aromatic N) is 2. The zero-order valence-corrected chi connectivity index (χ0v) is 8.63. The van der Waals surface area contributed by atoms with Crippen LogP contribution in [0.15, 0.2) is 42.7 Å². The van der Waals surface area contributed by atoms with Crippen LogP contribution >= 0.6 is 0 Å². The highest BCUT2D eigenvalue weighted by Gasteiger charge is 2.10. The minimum absolute atomic E-state index is 0.182. The molecule has 2 aromatic rings. The van der Waals surface area contributed by atoms with Crippen LogP contribution in [0.1, 0.15) is 0 Å². The lowest BCUT2D eigenvalue weighted by Gasteiger charge is -2.06. The molecule has 0 aliphatic heterocycles. The van der Waals surface area contributed by atoms with E-state index in [1.165, 1.54) is 12.1 Å². The number of pyridine rings is 1. The maximum atomic E-state index is 13.5. The summed E-state index contributed by atoms with van der Waals surface area (Å²) in [6, 6.07) is 6.78. The monoisotopic (exact) mass is 233 g/mol. The molecule has 17 heavy (non-hydrogen) atoms. The lowest BCUT2D eigenvalue weighted by atomic mass is 10.2. The maximum Gasteiger partial charge on any atom is 0.272 e. The first kappa shape index (κ1) is 11.0. The number of aromatic nitrogens is 1. The minimum atomic E-state index is -0.670. The third kappa shape index (κ3) is 2.54. The number of nitro groups is 1. The average Bonchev–Trinajstić information content (AvgIpc) is 2.33. The maximum absolute atomic E-state index is 13.5. The van der Waals surface area contributed by atoms with Crippen LogP contribution in [0.3, 0.4) is 0 Å². The van der Waals surface area contributed by atoms with E-state index in [0.29, 0.717) is 5.69 Å². The summed E-state index contributed by atoms with van der Waals surface area (Å²) in [6.07, 6.45) is 3.12. The number of hydrogen-bond acceptors (Lipinski definition) is 4. The van der Waals surface area contributed by atoms with Gasteiger partial charge >= 0.3 is 0 Å². The molecule has 0 bridgehead atoms. The van der Waals surface area contributed by atoms with Gasteiger partial charge in [0, 0.05) is 24.1 Å². The molecule has 0 saturated carbocycles. The Bertz CT molecular complexity index is 546. The van der Waals surface area contributed by atoms with E-state index < -0.39 is 10.7 Å². The van der Waals surface area contributed by atoms with Gasteiger partial charge in [0.2, 0.25) is 0 Å². The van der Waals surface area contributed by atoms with Gasteiger partial charge < -0.3 is 5.32 Å². The summed E-state index contributed by atoms with van der Waals surface area (Å²) in [5, 5.41) is 13.2. The van der Waals surface area contributed by atoms with Crippen molar-refractivity contribution >= 4 is 17.1 Å². The van der Waals surface area contributed by atoms with Crippen molar-refractivity contribution in [3.63, 3.8) is 0 Å². The van der Waals surface area contributed by atoms with Gasteiger partial charge in [-0.2, -0.15) is 0 Å². The van der Waals surface area contributed by atoms with Crippen molar-refractivity contribution in [2.75, 3.05) is 5.32 Å². The van der Waals surface area contributed by atoms with Crippen molar-refractivity contribution in [2.45, 2.75) is 0 Å². The first-order chi connectivity index (χ1) is 8.16. The molecule has 0 aliphatic rings. The largest absolute Gasteiger partial charge is 0.353 e. The van der Waals surface area contributed by atoms with E-state index >= 15 is 0 Å². The molecule has 1 heterocycles. The smallest absolute Gasteiger partial charge is 0.272 e. The summed E-state index contributed by atoms with van der Waals surface area (Å²) < 4.78 is 13.5. The van der Waals surface area contributed by atoms with Crippen LogP contribution in [0.4, 0.5) is 21.5 Å². The first-order valence-corrected chi connectivity index (χ1v) is 4.78. The number of benzene rings is 1.